The number of anilines is 2. The topological polar surface area (TPSA) is 133 Å². The normalized spacial score (nSPS) is 12.0. The lowest BCUT2D eigenvalue weighted by Crippen LogP contribution is -2.19. The van der Waals surface area contributed by atoms with Gasteiger partial charge in [-0.2, -0.15) is 9.97 Å². The SMILES string of the molecule is C/C=S(\C)c1nc(N)c([N+](=O)[O-])c(NCC(=O)OCC)n1. The molecule has 0 spiro atoms. The maximum Gasteiger partial charge on any atom is 0.353 e. The van der Waals surface area contributed by atoms with Gasteiger partial charge in [-0.3, -0.25) is 14.9 Å². The van der Waals surface area contributed by atoms with Crippen molar-refractivity contribution in [3.63, 3.8) is 0 Å². The molecule has 0 aliphatic carbocycles. The zero-order valence-electron chi connectivity index (χ0n) is 12.0. The summed E-state index contributed by atoms with van der Waals surface area (Å²) in [4.78, 5) is 29.7. The van der Waals surface area contributed by atoms with Gasteiger partial charge >= 0.3 is 11.7 Å². The van der Waals surface area contributed by atoms with E-state index in [1.165, 1.54) is 0 Å². The van der Waals surface area contributed by atoms with E-state index >= 15 is 0 Å². The highest BCUT2D eigenvalue weighted by atomic mass is 32.2. The van der Waals surface area contributed by atoms with Crippen molar-refractivity contribution < 1.29 is 14.5 Å². The molecule has 0 amide bonds. The minimum Gasteiger partial charge on any atom is -0.465 e. The monoisotopic (exact) mass is 315 g/mol. The third kappa shape index (κ3) is 4.38. The Hall–Kier alpha value is -2.23. The Kier molecular flexibility index (Phi) is 6.03. The van der Waals surface area contributed by atoms with Crippen LogP contribution in [0.5, 0.6) is 0 Å². The number of nitrogens with two attached hydrogens (primary N) is 1. The number of nitrogen functional groups attached to an aromatic ring is 1. The summed E-state index contributed by atoms with van der Waals surface area (Å²) in [6.45, 7) is 3.48. The van der Waals surface area contributed by atoms with E-state index in [1.54, 1.807) is 6.92 Å². The second kappa shape index (κ2) is 7.53. The van der Waals surface area contributed by atoms with E-state index in [0.717, 1.165) is 0 Å². The maximum absolute atomic E-state index is 11.3. The first-order chi connectivity index (χ1) is 9.90. The van der Waals surface area contributed by atoms with Crippen LogP contribution in [0.15, 0.2) is 5.16 Å². The van der Waals surface area contributed by atoms with Crippen LogP contribution in [-0.4, -0.2) is 45.6 Å². The van der Waals surface area contributed by atoms with Crippen LogP contribution < -0.4 is 11.1 Å². The van der Waals surface area contributed by atoms with E-state index in [-0.39, 0.29) is 24.8 Å². The van der Waals surface area contributed by atoms with Gasteiger partial charge in [0.05, 0.1) is 11.5 Å². The average Bonchev–Trinajstić information content (AvgIpc) is 2.43. The fraction of sp³-hybridized carbons (Fsp3) is 0.455. The van der Waals surface area contributed by atoms with Gasteiger partial charge in [-0.15, -0.1) is 10.5 Å². The molecule has 0 aliphatic heterocycles. The number of esters is 1. The molecule has 0 saturated heterocycles. The minimum atomic E-state index is -0.684. The smallest absolute Gasteiger partial charge is 0.353 e. The average molecular weight is 315 g/mol. The Bertz CT molecular complexity index is 590. The van der Waals surface area contributed by atoms with Gasteiger partial charge in [-0.25, -0.2) is 0 Å². The Morgan fingerprint density at radius 1 is 1.57 bits per heavy atom. The van der Waals surface area contributed by atoms with Crippen LogP contribution in [0.2, 0.25) is 0 Å². The van der Waals surface area contributed by atoms with Crippen molar-refractivity contribution >= 4 is 39.1 Å². The number of hydrogen-bond acceptors (Lipinski definition) is 8. The van der Waals surface area contributed by atoms with Gasteiger partial charge in [0.1, 0.15) is 6.54 Å². The molecule has 10 heteroatoms. The van der Waals surface area contributed by atoms with Crippen LogP contribution in [0.1, 0.15) is 13.8 Å². The number of nitrogens with zero attached hydrogens (tertiary/aromatic N) is 3. The summed E-state index contributed by atoms with van der Waals surface area (Å²) in [5.41, 5.74) is 5.17. The molecule has 21 heavy (non-hydrogen) atoms. The van der Waals surface area contributed by atoms with Gasteiger partial charge in [-0.05, 0) is 20.1 Å². The van der Waals surface area contributed by atoms with Crippen LogP contribution in [0.4, 0.5) is 17.3 Å². The minimum absolute atomic E-state index is 0.0863. The second-order valence-corrected chi connectivity index (χ2v) is 5.75. The zero-order valence-corrected chi connectivity index (χ0v) is 12.8. The Labute approximate surface area is 124 Å². The van der Waals surface area contributed by atoms with Crippen molar-refractivity contribution in [3.05, 3.63) is 10.1 Å². The molecule has 1 rings (SSSR count). The molecule has 1 unspecified atom stereocenters. The molecule has 0 bridgehead atoms. The predicted octanol–water partition coefficient (Wildman–Crippen LogP) is 1.02. The summed E-state index contributed by atoms with van der Waals surface area (Å²) >= 11 is 0. The number of hydrogen-bond donors (Lipinski definition) is 2. The molecule has 0 saturated carbocycles. The fourth-order valence-corrected chi connectivity index (χ4v) is 2.06. The van der Waals surface area contributed by atoms with E-state index < -0.39 is 27.1 Å². The predicted molar refractivity (Wildman–Crippen MR) is 81.7 cm³/mol. The molecule has 116 valence electrons. The number of nitrogens with one attached hydrogen (secondary N) is 1. The van der Waals surface area contributed by atoms with Gasteiger partial charge in [0.15, 0.2) is 5.16 Å². The van der Waals surface area contributed by atoms with Crippen LogP contribution in [0, 0.1) is 10.1 Å². The maximum atomic E-state index is 11.3. The molecule has 0 fully saturated rings. The first kappa shape index (κ1) is 16.8. The lowest BCUT2D eigenvalue weighted by molar-refractivity contribution is -0.383. The standard InChI is InChI=1S/C11H17N5O4S/c1-4-20-7(17)6-13-10-8(16(18)19)9(12)14-11(15-10)21(3)5-2/h5H,4,6H2,1-3H3,(H3,12,13,14,15). The van der Waals surface area contributed by atoms with Gasteiger partial charge in [0, 0.05) is 0 Å². The number of nitro groups is 1. The molecule has 1 aromatic rings. The molecule has 1 heterocycles. The van der Waals surface area contributed by atoms with Crippen LogP contribution in [0.3, 0.4) is 0 Å². The van der Waals surface area contributed by atoms with E-state index in [0.29, 0.717) is 5.16 Å². The van der Waals surface area contributed by atoms with Gasteiger partial charge in [0.25, 0.3) is 0 Å². The summed E-state index contributed by atoms with van der Waals surface area (Å²) in [7, 11) is -0.406. The lowest BCUT2D eigenvalue weighted by atomic mass is 10.4. The number of ether oxygens (including phenoxy) is 1. The largest absolute Gasteiger partial charge is 0.465 e. The third-order valence-corrected chi connectivity index (χ3v) is 3.89. The highest BCUT2D eigenvalue weighted by Crippen LogP contribution is 2.31. The quantitative estimate of drug-likeness (QED) is 0.261. The molecular formula is C11H17N5O4S. The van der Waals surface area contributed by atoms with Gasteiger partial charge in [-0.1, -0.05) is 5.37 Å². The summed E-state index contributed by atoms with van der Waals surface area (Å²) in [6, 6.07) is 0. The van der Waals surface area contributed by atoms with E-state index in [4.69, 9.17) is 10.5 Å². The second-order valence-electron chi connectivity index (χ2n) is 3.80. The molecule has 3 N–H and O–H groups in total. The van der Waals surface area contributed by atoms with Crippen molar-refractivity contribution in [2.75, 3.05) is 30.5 Å². The molecule has 1 aromatic heterocycles. The van der Waals surface area contributed by atoms with Crippen molar-refractivity contribution in [1.82, 2.24) is 9.97 Å². The van der Waals surface area contributed by atoms with E-state index in [1.807, 2.05) is 18.5 Å². The fourth-order valence-electron chi connectivity index (χ4n) is 1.37. The Morgan fingerprint density at radius 3 is 2.76 bits per heavy atom. The molecule has 0 aromatic carbocycles. The van der Waals surface area contributed by atoms with E-state index in [2.05, 4.69) is 15.3 Å². The number of aromatic nitrogens is 2. The van der Waals surface area contributed by atoms with Crippen LogP contribution in [-0.2, 0) is 9.53 Å². The summed E-state index contributed by atoms with van der Waals surface area (Å²) in [5, 5.41) is 15.9. The summed E-state index contributed by atoms with van der Waals surface area (Å²) in [6.07, 6.45) is 1.86. The number of carbonyl (C=O) groups is 1. The Balaban J connectivity index is 3.16. The van der Waals surface area contributed by atoms with Gasteiger partial charge < -0.3 is 15.8 Å². The number of carbonyl (C=O) groups excluding carboxylic acids is 1. The third-order valence-electron chi connectivity index (χ3n) is 2.42. The lowest BCUT2D eigenvalue weighted by Gasteiger charge is -2.09. The van der Waals surface area contributed by atoms with Crippen molar-refractivity contribution in [2.45, 2.75) is 19.0 Å². The van der Waals surface area contributed by atoms with Crippen LogP contribution >= 0.6 is 10.5 Å². The molecule has 0 radical (unpaired) electrons. The highest BCUT2D eigenvalue weighted by Gasteiger charge is 2.23. The first-order valence-electron chi connectivity index (χ1n) is 6.06. The van der Waals surface area contributed by atoms with E-state index in [9.17, 15) is 14.9 Å². The van der Waals surface area contributed by atoms with Crippen molar-refractivity contribution in [1.29, 1.82) is 0 Å². The van der Waals surface area contributed by atoms with Crippen molar-refractivity contribution in [2.24, 2.45) is 0 Å². The Morgan fingerprint density at radius 2 is 2.24 bits per heavy atom. The highest BCUT2D eigenvalue weighted by molar-refractivity contribution is 8.14. The van der Waals surface area contributed by atoms with Crippen molar-refractivity contribution in [3.8, 4) is 0 Å². The molecule has 1 atom stereocenters. The molecular weight excluding hydrogens is 298 g/mol. The number of rotatable bonds is 6. The summed E-state index contributed by atoms with van der Waals surface area (Å²) < 4.78 is 4.74. The zero-order chi connectivity index (χ0) is 16.0. The molecule has 0 aliphatic rings. The molecule has 9 nitrogen and oxygen atoms in total. The van der Waals surface area contributed by atoms with Gasteiger partial charge in [0.2, 0.25) is 11.6 Å². The summed E-state index contributed by atoms with van der Waals surface area (Å²) in [5.74, 6) is -0.864. The van der Waals surface area contributed by atoms with Crippen LogP contribution in [0.25, 0.3) is 0 Å². The first-order valence-corrected chi connectivity index (χ1v) is 7.75.